The molecule has 7 nitrogen and oxygen atoms in total. The number of hydrogen-bond donors (Lipinski definition) is 1. The Morgan fingerprint density at radius 1 is 1.19 bits per heavy atom. The van der Waals surface area contributed by atoms with Crippen LogP contribution < -0.4 is 15.0 Å². The summed E-state index contributed by atoms with van der Waals surface area (Å²) < 4.78 is 11.7. The molecule has 0 atom stereocenters. The SMILES string of the molecule is COc1cc(/C=C/c2nc3sc(C(=O)O)cn3c(=O)c2C)cc(OC)c1. The molecule has 0 bridgehead atoms. The number of carboxylic acids is 1. The maximum Gasteiger partial charge on any atom is 0.347 e. The Bertz CT molecular complexity index is 1060. The number of fused-ring (bicyclic) bond motifs is 1. The average molecular weight is 372 g/mol. The van der Waals surface area contributed by atoms with Gasteiger partial charge in [-0.05, 0) is 30.7 Å². The van der Waals surface area contributed by atoms with E-state index >= 15 is 0 Å². The van der Waals surface area contributed by atoms with Crippen LogP contribution in [0.4, 0.5) is 0 Å². The lowest BCUT2D eigenvalue weighted by molar-refractivity contribution is 0.0701. The first kappa shape index (κ1) is 17.7. The molecule has 2 heterocycles. The van der Waals surface area contributed by atoms with Gasteiger partial charge in [0, 0.05) is 17.8 Å². The van der Waals surface area contributed by atoms with Crippen molar-refractivity contribution in [1.82, 2.24) is 9.38 Å². The highest BCUT2D eigenvalue weighted by Gasteiger charge is 2.13. The van der Waals surface area contributed by atoms with Crippen LogP contribution in [-0.4, -0.2) is 34.7 Å². The molecule has 3 rings (SSSR count). The number of aromatic carboxylic acids is 1. The predicted octanol–water partition coefficient (Wildman–Crippen LogP) is 2.95. The lowest BCUT2D eigenvalue weighted by atomic mass is 10.1. The van der Waals surface area contributed by atoms with E-state index in [9.17, 15) is 9.59 Å². The maximum atomic E-state index is 12.5. The highest BCUT2D eigenvalue weighted by molar-refractivity contribution is 7.18. The number of carbonyl (C=O) groups is 1. The largest absolute Gasteiger partial charge is 0.497 e. The molecule has 0 aliphatic carbocycles. The van der Waals surface area contributed by atoms with E-state index in [0.29, 0.717) is 27.7 Å². The second-order valence-electron chi connectivity index (χ2n) is 5.46. The quantitative estimate of drug-likeness (QED) is 0.741. The Hall–Kier alpha value is -3.13. The Labute approximate surface area is 152 Å². The maximum absolute atomic E-state index is 12.5. The molecule has 3 aromatic rings. The van der Waals surface area contributed by atoms with Gasteiger partial charge in [-0.3, -0.25) is 9.20 Å². The van der Waals surface area contributed by atoms with Gasteiger partial charge in [-0.15, -0.1) is 0 Å². The molecule has 0 saturated carbocycles. The van der Waals surface area contributed by atoms with Gasteiger partial charge < -0.3 is 14.6 Å². The van der Waals surface area contributed by atoms with E-state index in [1.165, 1.54) is 10.6 Å². The second-order valence-corrected chi connectivity index (χ2v) is 6.47. The molecule has 1 N–H and O–H groups in total. The van der Waals surface area contributed by atoms with Gasteiger partial charge in [0.05, 0.1) is 19.9 Å². The molecule has 0 radical (unpaired) electrons. The topological polar surface area (TPSA) is 90.1 Å². The molecule has 0 aliphatic rings. The number of ether oxygens (including phenoxy) is 2. The van der Waals surface area contributed by atoms with Crippen LogP contribution in [0.2, 0.25) is 0 Å². The number of hydrogen-bond acceptors (Lipinski definition) is 6. The molecule has 26 heavy (non-hydrogen) atoms. The van der Waals surface area contributed by atoms with Crippen molar-refractivity contribution in [1.29, 1.82) is 0 Å². The summed E-state index contributed by atoms with van der Waals surface area (Å²) in [7, 11) is 3.14. The molecule has 1 aromatic carbocycles. The van der Waals surface area contributed by atoms with Gasteiger partial charge >= 0.3 is 5.97 Å². The molecule has 0 saturated heterocycles. The second kappa shape index (κ2) is 7.01. The number of rotatable bonds is 5. The van der Waals surface area contributed by atoms with Crippen LogP contribution in [0.25, 0.3) is 17.1 Å². The van der Waals surface area contributed by atoms with Crippen molar-refractivity contribution in [3.8, 4) is 11.5 Å². The van der Waals surface area contributed by atoms with Gasteiger partial charge in [-0.2, -0.15) is 0 Å². The molecule has 134 valence electrons. The number of carboxylic acid groups (broad SMARTS) is 1. The summed E-state index contributed by atoms with van der Waals surface area (Å²) in [5, 5.41) is 9.10. The molecule has 0 spiro atoms. The Balaban J connectivity index is 2.06. The Kier molecular flexibility index (Phi) is 4.77. The summed E-state index contributed by atoms with van der Waals surface area (Å²) in [5.74, 6) is 0.209. The van der Waals surface area contributed by atoms with Gasteiger partial charge in [0.15, 0.2) is 4.96 Å². The molecule has 8 heteroatoms. The van der Waals surface area contributed by atoms with Crippen LogP contribution in [0.1, 0.15) is 26.5 Å². The van der Waals surface area contributed by atoms with Gasteiger partial charge in [0.1, 0.15) is 16.4 Å². The number of benzene rings is 1. The van der Waals surface area contributed by atoms with E-state index in [2.05, 4.69) is 4.98 Å². The number of methoxy groups -OCH3 is 2. The first-order chi connectivity index (χ1) is 12.4. The minimum atomic E-state index is -1.09. The zero-order chi connectivity index (χ0) is 18.8. The van der Waals surface area contributed by atoms with Crippen LogP contribution in [-0.2, 0) is 0 Å². The van der Waals surface area contributed by atoms with Gasteiger partial charge in [-0.25, -0.2) is 9.78 Å². The minimum Gasteiger partial charge on any atom is -0.497 e. The van der Waals surface area contributed by atoms with Crippen LogP contribution >= 0.6 is 11.3 Å². The van der Waals surface area contributed by atoms with E-state index in [-0.39, 0.29) is 10.4 Å². The molecular formula is C18H16N2O5S. The van der Waals surface area contributed by atoms with Crippen molar-refractivity contribution in [3.63, 3.8) is 0 Å². The number of aromatic nitrogens is 2. The molecule has 0 aliphatic heterocycles. The Morgan fingerprint density at radius 3 is 2.42 bits per heavy atom. The molecule has 0 unspecified atom stereocenters. The van der Waals surface area contributed by atoms with Crippen molar-refractivity contribution < 1.29 is 19.4 Å². The van der Waals surface area contributed by atoms with Gasteiger partial charge in [0.2, 0.25) is 0 Å². The molecule has 2 aromatic heterocycles. The zero-order valence-corrected chi connectivity index (χ0v) is 15.2. The summed E-state index contributed by atoms with van der Waals surface area (Å²) in [6, 6.07) is 5.42. The van der Waals surface area contributed by atoms with E-state index < -0.39 is 5.97 Å². The lowest BCUT2D eigenvalue weighted by Crippen LogP contribution is -2.17. The Morgan fingerprint density at radius 2 is 1.85 bits per heavy atom. The van der Waals surface area contributed by atoms with E-state index in [0.717, 1.165) is 16.9 Å². The third kappa shape index (κ3) is 3.31. The summed E-state index contributed by atoms with van der Waals surface area (Å²) in [6.07, 6.45) is 4.80. The first-order valence-corrected chi connectivity index (χ1v) is 8.42. The van der Waals surface area contributed by atoms with Gasteiger partial charge in [0.25, 0.3) is 5.56 Å². The van der Waals surface area contributed by atoms with Crippen molar-refractivity contribution >= 4 is 34.4 Å². The third-order valence-electron chi connectivity index (χ3n) is 3.81. The number of nitrogens with zero attached hydrogens (tertiary/aromatic N) is 2. The van der Waals surface area contributed by atoms with Crippen LogP contribution in [0.3, 0.4) is 0 Å². The lowest BCUT2D eigenvalue weighted by Gasteiger charge is -2.06. The van der Waals surface area contributed by atoms with E-state index in [1.54, 1.807) is 39.4 Å². The van der Waals surface area contributed by atoms with Crippen LogP contribution in [0.15, 0.2) is 29.2 Å². The number of thiazole rings is 1. The molecular weight excluding hydrogens is 356 g/mol. The van der Waals surface area contributed by atoms with Crippen molar-refractivity contribution in [2.75, 3.05) is 14.2 Å². The van der Waals surface area contributed by atoms with Crippen molar-refractivity contribution in [2.24, 2.45) is 0 Å². The van der Waals surface area contributed by atoms with Crippen LogP contribution in [0, 0.1) is 6.92 Å². The summed E-state index contributed by atoms with van der Waals surface area (Å²) >= 11 is 0.955. The fraction of sp³-hybridized carbons (Fsp3) is 0.167. The highest BCUT2D eigenvalue weighted by atomic mass is 32.1. The fourth-order valence-electron chi connectivity index (χ4n) is 2.41. The smallest absolute Gasteiger partial charge is 0.347 e. The van der Waals surface area contributed by atoms with Crippen molar-refractivity contribution in [2.45, 2.75) is 6.92 Å². The van der Waals surface area contributed by atoms with Gasteiger partial charge in [-0.1, -0.05) is 17.4 Å². The normalized spacial score (nSPS) is 11.2. The van der Waals surface area contributed by atoms with Crippen molar-refractivity contribution in [3.05, 3.63) is 56.4 Å². The zero-order valence-electron chi connectivity index (χ0n) is 14.3. The average Bonchev–Trinajstić information content (AvgIpc) is 3.07. The summed E-state index contributed by atoms with van der Waals surface area (Å²) in [6.45, 7) is 1.66. The third-order valence-corrected chi connectivity index (χ3v) is 4.78. The van der Waals surface area contributed by atoms with Crippen LogP contribution in [0.5, 0.6) is 11.5 Å². The minimum absolute atomic E-state index is 0.0626. The molecule has 0 fully saturated rings. The first-order valence-electron chi connectivity index (χ1n) is 7.60. The highest BCUT2D eigenvalue weighted by Crippen LogP contribution is 2.24. The summed E-state index contributed by atoms with van der Waals surface area (Å²) in [4.78, 5) is 28.4. The van der Waals surface area contributed by atoms with E-state index in [4.69, 9.17) is 14.6 Å². The monoisotopic (exact) mass is 372 g/mol. The molecule has 0 amide bonds. The predicted molar refractivity (Wildman–Crippen MR) is 99.5 cm³/mol. The standard InChI is InChI=1S/C18H16N2O5S/c1-10-14(5-4-11-6-12(24-2)8-13(7-11)25-3)19-18-20(16(10)21)9-15(26-18)17(22)23/h4-9H,1-3H3,(H,22,23)/b5-4+. The van der Waals surface area contributed by atoms with E-state index in [1.807, 2.05) is 12.1 Å². The fourth-order valence-corrected chi connectivity index (χ4v) is 3.23. The summed E-state index contributed by atoms with van der Waals surface area (Å²) in [5.41, 5.74) is 1.44.